The third-order valence-corrected chi connectivity index (χ3v) is 3.67. The molecule has 20 heavy (non-hydrogen) atoms. The number of nitrogens with two attached hydrogens (primary N) is 1. The summed E-state index contributed by atoms with van der Waals surface area (Å²) in [5, 5.41) is 2.78. The van der Waals surface area contributed by atoms with E-state index in [-0.39, 0.29) is 5.91 Å². The molecule has 0 bridgehead atoms. The Morgan fingerprint density at radius 1 is 1.50 bits per heavy atom. The maximum Gasteiger partial charge on any atom is 0.224 e. The maximum atomic E-state index is 11.7. The number of rotatable bonds is 5. The predicted molar refractivity (Wildman–Crippen MR) is 78.5 cm³/mol. The second-order valence-corrected chi connectivity index (χ2v) is 5.40. The van der Waals surface area contributed by atoms with Gasteiger partial charge in [0.05, 0.1) is 17.5 Å². The van der Waals surface area contributed by atoms with Crippen LogP contribution < -0.4 is 11.1 Å². The summed E-state index contributed by atoms with van der Waals surface area (Å²) < 4.78 is 2.31. The number of hydrogen-bond acceptors (Lipinski definition) is 3. The summed E-state index contributed by atoms with van der Waals surface area (Å²) in [5.41, 5.74) is 8.53. The minimum Gasteiger partial charge on any atom is -0.355 e. The topological polar surface area (TPSA) is 72.9 Å². The van der Waals surface area contributed by atoms with Crippen molar-refractivity contribution in [3.63, 3.8) is 0 Å². The first-order valence-electron chi connectivity index (χ1n) is 7.13. The van der Waals surface area contributed by atoms with Crippen molar-refractivity contribution < 1.29 is 4.79 Å². The van der Waals surface area contributed by atoms with Crippen LogP contribution in [0.15, 0.2) is 18.2 Å². The second-order valence-electron chi connectivity index (χ2n) is 5.40. The zero-order valence-corrected chi connectivity index (χ0v) is 11.7. The van der Waals surface area contributed by atoms with E-state index in [0.717, 1.165) is 16.9 Å². The van der Waals surface area contributed by atoms with Crippen LogP contribution in [-0.4, -0.2) is 28.5 Å². The average Bonchev–Trinajstić information content (AvgIpc) is 3.19. The molecule has 1 saturated carbocycles. The molecule has 1 aliphatic rings. The molecule has 3 rings (SSSR count). The number of fused-ring (bicyclic) bond motifs is 1. The minimum atomic E-state index is 0.00754. The number of nitrogens with one attached hydrogen (secondary N) is 1. The van der Waals surface area contributed by atoms with E-state index in [0.29, 0.717) is 25.6 Å². The van der Waals surface area contributed by atoms with Crippen LogP contribution in [0, 0.1) is 6.92 Å². The maximum absolute atomic E-state index is 11.7. The third-order valence-electron chi connectivity index (χ3n) is 3.67. The van der Waals surface area contributed by atoms with Gasteiger partial charge in [-0.3, -0.25) is 4.79 Å². The molecule has 0 saturated heterocycles. The van der Waals surface area contributed by atoms with Crippen molar-refractivity contribution in [1.82, 2.24) is 14.9 Å². The lowest BCUT2D eigenvalue weighted by atomic mass is 10.1. The Morgan fingerprint density at radius 2 is 2.30 bits per heavy atom. The fourth-order valence-electron chi connectivity index (χ4n) is 2.63. The van der Waals surface area contributed by atoms with Crippen molar-refractivity contribution in [2.45, 2.75) is 32.2 Å². The Kier molecular flexibility index (Phi) is 3.44. The first-order valence-corrected chi connectivity index (χ1v) is 7.13. The lowest BCUT2D eigenvalue weighted by Crippen LogP contribution is -2.30. The molecule has 1 aromatic carbocycles. The fourth-order valence-corrected chi connectivity index (χ4v) is 2.63. The van der Waals surface area contributed by atoms with Gasteiger partial charge in [-0.15, -0.1) is 0 Å². The minimum absolute atomic E-state index is 0.00754. The largest absolute Gasteiger partial charge is 0.355 e. The molecule has 1 aliphatic carbocycles. The molecule has 1 amide bonds. The van der Waals surface area contributed by atoms with Crippen LogP contribution in [0.1, 0.15) is 30.3 Å². The van der Waals surface area contributed by atoms with Crippen molar-refractivity contribution >= 4 is 16.9 Å². The molecule has 5 nitrogen and oxygen atoms in total. The van der Waals surface area contributed by atoms with Gasteiger partial charge in [-0.2, -0.15) is 0 Å². The number of aromatic nitrogens is 2. The van der Waals surface area contributed by atoms with E-state index < -0.39 is 0 Å². The first-order chi connectivity index (χ1) is 9.69. The molecule has 2 aromatic rings. The fraction of sp³-hybridized carbons (Fsp3) is 0.467. The molecule has 3 N–H and O–H groups in total. The van der Waals surface area contributed by atoms with Gasteiger partial charge in [-0.1, -0.05) is 6.07 Å². The monoisotopic (exact) mass is 272 g/mol. The van der Waals surface area contributed by atoms with Crippen molar-refractivity contribution in [1.29, 1.82) is 0 Å². The highest BCUT2D eigenvalue weighted by Crippen LogP contribution is 2.38. The van der Waals surface area contributed by atoms with E-state index in [1.807, 2.05) is 19.1 Å². The molecule has 1 aromatic heterocycles. The van der Waals surface area contributed by atoms with Gasteiger partial charge in [-0.05, 0) is 37.5 Å². The Morgan fingerprint density at radius 3 is 3.00 bits per heavy atom. The Balaban J connectivity index is 1.82. The number of carbonyl (C=O) groups excluding carboxylic acids is 1. The van der Waals surface area contributed by atoms with Crippen LogP contribution in [-0.2, 0) is 11.2 Å². The van der Waals surface area contributed by atoms with Crippen LogP contribution in [0.25, 0.3) is 11.0 Å². The molecule has 0 radical (unpaired) electrons. The van der Waals surface area contributed by atoms with Gasteiger partial charge >= 0.3 is 0 Å². The van der Waals surface area contributed by atoms with Gasteiger partial charge in [0.2, 0.25) is 5.91 Å². The molecule has 1 fully saturated rings. The summed E-state index contributed by atoms with van der Waals surface area (Å²) in [5.74, 6) is 1.07. The number of nitrogens with zero attached hydrogens (tertiary/aromatic N) is 2. The van der Waals surface area contributed by atoms with Crippen molar-refractivity contribution in [3.8, 4) is 0 Å². The molecule has 1 heterocycles. The van der Waals surface area contributed by atoms with E-state index >= 15 is 0 Å². The lowest BCUT2D eigenvalue weighted by Gasteiger charge is -2.05. The van der Waals surface area contributed by atoms with Gasteiger partial charge in [0, 0.05) is 19.1 Å². The van der Waals surface area contributed by atoms with Crippen LogP contribution in [0.5, 0.6) is 0 Å². The summed E-state index contributed by atoms with van der Waals surface area (Å²) in [4.78, 5) is 16.3. The molecular formula is C15H20N4O. The highest BCUT2D eigenvalue weighted by atomic mass is 16.1. The summed E-state index contributed by atoms with van der Waals surface area (Å²) in [6.07, 6.45) is 2.87. The molecule has 0 atom stereocenters. The van der Waals surface area contributed by atoms with Crippen molar-refractivity contribution in [3.05, 3.63) is 29.6 Å². The molecule has 0 unspecified atom stereocenters. The quantitative estimate of drug-likeness (QED) is 0.861. The lowest BCUT2D eigenvalue weighted by molar-refractivity contribution is -0.120. The number of aryl methyl sites for hydroxylation is 1. The van der Waals surface area contributed by atoms with Crippen LogP contribution in [0.4, 0.5) is 0 Å². The first kappa shape index (κ1) is 13.1. The van der Waals surface area contributed by atoms with E-state index in [2.05, 4.69) is 20.9 Å². The molecule has 106 valence electrons. The van der Waals surface area contributed by atoms with E-state index in [9.17, 15) is 4.79 Å². The predicted octanol–water partition coefficient (Wildman–Crippen LogP) is 1.30. The van der Waals surface area contributed by atoms with E-state index in [1.54, 1.807) is 0 Å². The summed E-state index contributed by atoms with van der Waals surface area (Å²) in [7, 11) is 0. The number of imidazole rings is 1. The van der Waals surface area contributed by atoms with Gasteiger partial charge in [-0.25, -0.2) is 4.98 Å². The summed E-state index contributed by atoms with van der Waals surface area (Å²) >= 11 is 0. The van der Waals surface area contributed by atoms with Gasteiger partial charge in [0.15, 0.2) is 0 Å². The summed E-state index contributed by atoms with van der Waals surface area (Å²) in [6, 6.07) is 6.74. The molecular weight excluding hydrogens is 252 g/mol. The number of carbonyl (C=O) groups is 1. The second kappa shape index (κ2) is 5.25. The summed E-state index contributed by atoms with van der Waals surface area (Å²) in [6.45, 7) is 3.04. The number of amides is 1. The zero-order chi connectivity index (χ0) is 14.1. The van der Waals surface area contributed by atoms with Gasteiger partial charge < -0.3 is 15.6 Å². The highest BCUT2D eigenvalue weighted by molar-refractivity contribution is 5.82. The third kappa shape index (κ3) is 2.54. The zero-order valence-electron chi connectivity index (χ0n) is 11.7. The Hall–Kier alpha value is -1.88. The molecule has 0 spiro atoms. The average molecular weight is 272 g/mol. The highest BCUT2D eigenvalue weighted by Gasteiger charge is 2.26. The van der Waals surface area contributed by atoms with Crippen LogP contribution in [0.2, 0.25) is 0 Å². The van der Waals surface area contributed by atoms with Gasteiger partial charge in [0.25, 0.3) is 0 Å². The van der Waals surface area contributed by atoms with E-state index in [4.69, 9.17) is 5.73 Å². The normalized spacial score (nSPS) is 14.7. The van der Waals surface area contributed by atoms with Crippen molar-refractivity contribution in [2.24, 2.45) is 5.73 Å². The van der Waals surface area contributed by atoms with Gasteiger partial charge in [0.1, 0.15) is 5.82 Å². The number of benzene rings is 1. The Bertz CT molecular complexity index is 643. The molecule has 5 heteroatoms. The van der Waals surface area contributed by atoms with Crippen molar-refractivity contribution in [2.75, 3.05) is 13.1 Å². The van der Waals surface area contributed by atoms with Crippen LogP contribution in [0.3, 0.4) is 0 Å². The van der Waals surface area contributed by atoms with E-state index in [1.165, 1.54) is 18.4 Å². The number of hydrogen-bond donors (Lipinski definition) is 2. The molecule has 0 aliphatic heterocycles. The van der Waals surface area contributed by atoms with Crippen LogP contribution >= 0.6 is 0 Å². The Labute approximate surface area is 118 Å². The standard InChI is InChI=1S/C15H20N4O/c1-10-18-13-8-11(9-15(20)17-7-6-16)2-5-14(13)19(10)12-3-4-12/h2,5,8,12H,3-4,6-7,9,16H2,1H3,(H,17,20). The SMILES string of the molecule is Cc1nc2cc(CC(=O)NCCN)ccc2n1C1CC1. The smallest absolute Gasteiger partial charge is 0.224 e.